The Balaban J connectivity index is 1.72. The van der Waals surface area contributed by atoms with Gasteiger partial charge in [0.2, 0.25) is 0 Å². The van der Waals surface area contributed by atoms with Crippen LogP contribution in [0.2, 0.25) is 0 Å². The second kappa shape index (κ2) is 6.37. The van der Waals surface area contributed by atoms with Crippen LogP contribution in [0.25, 0.3) is 22.6 Å². The first-order chi connectivity index (χ1) is 9.86. The molecule has 2 aromatic heterocycles. The molecular formula is C14H14N2O2S2. The first-order valence-electron chi connectivity index (χ1n) is 6.48. The van der Waals surface area contributed by atoms with E-state index in [1.807, 2.05) is 30.3 Å². The highest BCUT2D eigenvalue weighted by Crippen LogP contribution is 2.33. The van der Waals surface area contributed by atoms with E-state index in [9.17, 15) is 0 Å². The van der Waals surface area contributed by atoms with E-state index in [4.69, 9.17) is 8.83 Å². The summed E-state index contributed by atoms with van der Waals surface area (Å²) < 4.78 is 11.3. The van der Waals surface area contributed by atoms with Gasteiger partial charge in [-0.25, -0.2) is 0 Å². The van der Waals surface area contributed by atoms with Crippen LogP contribution in [0.3, 0.4) is 0 Å². The summed E-state index contributed by atoms with van der Waals surface area (Å²) in [5.74, 6) is 2.13. The van der Waals surface area contributed by atoms with Crippen LogP contribution in [0, 0.1) is 0 Å². The van der Waals surface area contributed by atoms with E-state index in [-0.39, 0.29) is 0 Å². The minimum atomic E-state index is 0.430. The Morgan fingerprint density at radius 1 is 1.15 bits per heavy atom. The lowest BCUT2D eigenvalue weighted by atomic mass is 10.2. The molecule has 0 radical (unpaired) electrons. The Kier molecular flexibility index (Phi) is 4.32. The van der Waals surface area contributed by atoms with Crippen molar-refractivity contribution in [1.82, 2.24) is 10.2 Å². The highest BCUT2D eigenvalue weighted by atomic mass is 33.1. The lowest BCUT2D eigenvalue weighted by Crippen LogP contribution is -1.73. The third kappa shape index (κ3) is 3.02. The smallest absolute Gasteiger partial charge is 0.287 e. The predicted molar refractivity (Wildman–Crippen MR) is 82.7 cm³/mol. The monoisotopic (exact) mass is 306 g/mol. The molecule has 0 aliphatic rings. The fourth-order valence-corrected chi connectivity index (χ4v) is 3.61. The van der Waals surface area contributed by atoms with Crippen molar-refractivity contribution in [3.05, 3.63) is 30.3 Å². The highest BCUT2D eigenvalue weighted by molar-refractivity contribution is 8.76. The van der Waals surface area contributed by atoms with Crippen molar-refractivity contribution in [2.75, 3.05) is 5.75 Å². The number of fused-ring (bicyclic) bond motifs is 1. The van der Waals surface area contributed by atoms with Gasteiger partial charge in [-0.3, -0.25) is 0 Å². The van der Waals surface area contributed by atoms with Crippen molar-refractivity contribution >= 4 is 32.6 Å². The predicted octanol–water partition coefficient (Wildman–Crippen LogP) is 5.02. The molecule has 3 aromatic rings. The van der Waals surface area contributed by atoms with Crippen LogP contribution in [-0.2, 0) is 0 Å². The van der Waals surface area contributed by atoms with Crippen LogP contribution < -0.4 is 0 Å². The largest absolute Gasteiger partial charge is 0.451 e. The van der Waals surface area contributed by atoms with Gasteiger partial charge in [-0.2, -0.15) is 0 Å². The topological polar surface area (TPSA) is 52.1 Å². The SMILES string of the molecule is CCCCSSc1nnc(-c2cc3ccccc3o2)o1. The van der Waals surface area contributed by atoms with Crippen molar-refractivity contribution in [2.45, 2.75) is 25.0 Å². The standard InChI is InChI=1S/C14H14N2O2S2/c1-2-3-8-19-20-14-16-15-13(18-14)12-9-10-6-4-5-7-11(10)17-12/h4-7,9H,2-3,8H2,1H3. The van der Waals surface area contributed by atoms with Crippen molar-refractivity contribution < 1.29 is 8.83 Å². The minimum Gasteiger partial charge on any atom is -0.451 e. The molecule has 0 unspecified atom stereocenters. The average Bonchev–Trinajstić information content (AvgIpc) is 3.09. The third-order valence-corrected chi connectivity index (χ3v) is 4.92. The average molecular weight is 306 g/mol. The zero-order valence-corrected chi connectivity index (χ0v) is 12.7. The molecule has 104 valence electrons. The van der Waals surface area contributed by atoms with Gasteiger partial charge >= 0.3 is 0 Å². The zero-order chi connectivity index (χ0) is 13.8. The molecule has 0 spiro atoms. The lowest BCUT2D eigenvalue weighted by molar-refractivity contribution is 0.453. The number of nitrogens with zero attached hydrogens (tertiary/aromatic N) is 2. The van der Waals surface area contributed by atoms with E-state index >= 15 is 0 Å². The molecule has 20 heavy (non-hydrogen) atoms. The van der Waals surface area contributed by atoms with Crippen LogP contribution in [-0.4, -0.2) is 16.0 Å². The Morgan fingerprint density at radius 3 is 2.90 bits per heavy atom. The maximum atomic E-state index is 5.70. The van der Waals surface area contributed by atoms with E-state index in [1.54, 1.807) is 10.8 Å². The summed E-state index contributed by atoms with van der Waals surface area (Å²) in [5, 5.41) is 9.67. The van der Waals surface area contributed by atoms with Gasteiger partial charge in [0.15, 0.2) is 5.76 Å². The van der Waals surface area contributed by atoms with Crippen LogP contribution in [0.5, 0.6) is 0 Å². The molecule has 6 heteroatoms. The van der Waals surface area contributed by atoms with Crippen LogP contribution in [0.15, 0.2) is 44.4 Å². The second-order valence-electron chi connectivity index (χ2n) is 4.28. The molecule has 0 amide bonds. The highest BCUT2D eigenvalue weighted by Gasteiger charge is 2.13. The Hall–Kier alpha value is -1.40. The summed E-state index contributed by atoms with van der Waals surface area (Å²) in [6.07, 6.45) is 2.39. The Labute approximate surface area is 124 Å². The summed E-state index contributed by atoms with van der Waals surface area (Å²) in [5.41, 5.74) is 0.826. The third-order valence-electron chi connectivity index (χ3n) is 2.75. The van der Waals surface area contributed by atoms with Crippen molar-refractivity contribution in [3.8, 4) is 11.7 Å². The summed E-state index contributed by atoms with van der Waals surface area (Å²) >= 11 is 0. The lowest BCUT2D eigenvalue weighted by Gasteiger charge is -1.93. The molecule has 4 nitrogen and oxygen atoms in total. The van der Waals surface area contributed by atoms with Crippen LogP contribution >= 0.6 is 21.6 Å². The number of unbranched alkanes of at least 4 members (excludes halogenated alkanes) is 1. The number of hydrogen-bond donors (Lipinski definition) is 0. The van der Waals surface area contributed by atoms with Crippen LogP contribution in [0.4, 0.5) is 0 Å². The molecule has 0 aliphatic carbocycles. The quantitative estimate of drug-likeness (QED) is 0.470. The van der Waals surface area contributed by atoms with E-state index in [2.05, 4.69) is 17.1 Å². The first kappa shape index (κ1) is 13.6. The summed E-state index contributed by atoms with van der Waals surface area (Å²) in [4.78, 5) is 0. The number of benzene rings is 1. The summed E-state index contributed by atoms with van der Waals surface area (Å²) in [7, 11) is 3.25. The van der Waals surface area contributed by atoms with Crippen LogP contribution in [0.1, 0.15) is 19.8 Å². The minimum absolute atomic E-state index is 0.430. The van der Waals surface area contributed by atoms with Gasteiger partial charge in [0.25, 0.3) is 11.1 Å². The molecule has 1 aromatic carbocycles. The summed E-state index contributed by atoms with van der Waals surface area (Å²) in [6.45, 7) is 2.18. The van der Waals surface area contributed by atoms with Gasteiger partial charge in [-0.15, -0.1) is 5.10 Å². The molecule has 0 saturated carbocycles. The van der Waals surface area contributed by atoms with Gasteiger partial charge in [0.05, 0.1) is 0 Å². The molecule has 2 heterocycles. The fourth-order valence-electron chi connectivity index (χ4n) is 1.73. The molecule has 3 rings (SSSR count). The fraction of sp³-hybridized carbons (Fsp3) is 0.286. The van der Waals surface area contributed by atoms with E-state index in [1.165, 1.54) is 23.6 Å². The van der Waals surface area contributed by atoms with E-state index in [0.717, 1.165) is 16.7 Å². The van der Waals surface area contributed by atoms with Gasteiger partial charge < -0.3 is 8.83 Å². The molecule has 0 fully saturated rings. The van der Waals surface area contributed by atoms with Gasteiger partial charge in [0.1, 0.15) is 5.58 Å². The van der Waals surface area contributed by atoms with Crippen molar-refractivity contribution in [2.24, 2.45) is 0 Å². The molecule has 0 aliphatic heterocycles. The zero-order valence-electron chi connectivity index (χ0n) is 11.0. The Bertz CT molecular complexity index is 660. The molecule has 0 atom stereocenters. The molecule has 0 bridgehead atoms. The number of rotatable bonds is 6. The van der Waals surface area contributed by atoms with Gasteiger partial charge in [-0.1, -0.05) is 47.4 Å². The number of furan rings is 1. The number of para-hydroxylation sites is 1. The van der Waals surface area contributed by atoms with E-state index < -0.39 is 0 Å². The maximum absolute atomic E-state index is 5.70. The van der Waals surface area contributed by atoms with Crippen molar-refractivity contribution in [1.29, 1.82) is 0 Å². The van der Waals surface area contributed by atoms with Crippen molar-refractivity contribution in [3.63, 3.8) is 0 Å². The van der Waals surface area contributed by atoms with Gasteiger partial charge in [0, 0.05) is 21.9 Å². The number of aromatic nitrogens is 2. The van der Waals surface area contributed by atoms with Gasteiger partial charge in [-0.05, 0) is 18.6 Å². The molecular weight excluding hydrogens is 292 g/mol. The summed E-state index contributed by atoms with van der Waals surface area (Å²) in [6, 6.07) is 9.75. The molecule has 0 saturated heterocycles. The Morgan fingerprint density at radius 2 is 2.05 bits per heavy atom. The molecule has 0 N–H and O–H groups in total. The normalized spacial score (nSPS) is 11.2. The second-order valence-corrected chi connectivity index (χ2v) is 6.65. The first-order valence-corrected chi connectivity index (χ1v) is 8.80. The number of hydrogen-bond acceptors (Lipinski definition) is 6. The van der Waals surface area contributed by atoms with E-state index in [0.29, 0.717) is 16.9 Å². The maximum Gasteiger partial charge on any atom is 0.287 e.